The molecule has 2 aliphatic heterocycles. The van der Waals surface area contributed by atoms with Crippen molar-refractivity contribution in [2.24, 2.45) is 5.92 Å². The van der Waals surface area contributed by atoms with Crippen molar-refractivity contribution in [1.82, 2.24) is 9.88 Å². The first-order valence-corrected chi connectivity index (χ1v) is 15.8. The number of amides is 1. The number of aryl methyl sites for hydroxylation is 2. The van der Waals surface area contributed by atoms with E-state index >= 15 is 0 Å². The second kappa shape index (κ2) is 11.3. The molecule has 2 atom stereocenters. The molecule has 1 saturated heterocycles. The van der Waals surface area contributed by atoms with Gasteiger partial charge in [0.25, 0.3) is 21.5 Å². The molecule has 2 bridgehead atoms. The molecular weight excluding hydrogens is 567 g/mol. The Bertz CT molecular complexity index is 1870. The van der Waals surface area contributed by atoms with Crippen LogP contribution in [0.4, 0.5) is 15.8 Å². The summed E-state index contributed by atoms with van der Waals surface area (Å²) in [5.74, 6) is -0.531. The number of hydrogen-bond donors (Lipinski definition) is 2. The number of rotatable bonds is 7. The molecule has 43 heavy (non-hydrogen) atoms. The third-order valence-electron chi connectivity index (χ3n) is 8.34. The predicted octanol–water partition coefficient (Wildman–Crippen LogP) is 4.96. The van der Waals surface area contributed by atoms with Crippen LogP contribution in [0.5, 0.6) is 0 Å². The number of hydrogen-bond acceptors (Lipinski definition) is 5. The van der Waals surface area contributed by atoms with E-state index in [2.05, 4.69) is 14.9 Å². The Balaban J connectivity index is 1.33. The van der Waals surface area contributed by atoms with Gasteiger partial charge in [0, 0.05) is 49.4 Å². The van der Waals surface area contributed by atoms with Crippen LogP contribution in [0, 0.1) is 25.6 Å². The van der Waals surface area contributed by atoms with E-state index in [4.69, 9.17) is 0 Å². The largest absolute Gasteiger partial charge is 0.369 e. The van der Waals surface area contributed by atoms with Crippen molar-refractivity contribution in [2.45, 2.75) is 44.2 Å². The quantitative estimate of drug-likeness (QED) is 0.313. The Labute approximate surface area is 250 Å². The van der Waals surface area contributed by atoms with Crippen LogP contribution in [0.3, 0.4) is 0 Å². The number of carbonyl (C=O) groups is 1. The molecule has 3 aromatic carbocycles. The van der Waals surface area contributed by atoms with Crippen LogP contribution in [-0.2, 0) is 23.1 Å². The number of pyridine rings is 1. The maximum Gasteiger partial charge on any atom is 0.261 e. The van der Waals surface area contributed by atoms with E-state index in [1.807, 2.05) is 41.8 Å². The third-order valence-corrected chi connectivity index (χ3v) is 9.70. The number of piperidine rings is 1. The smallest absolute Gasteiger partial charge is 0.261 e. The van der Waals surface area contributed by atoms with Crippen molar-refractivity contribution in [2.75, 3.05) is 22.7 Å². The molecule has 222 valence electrons. The fourth-order valence-corrected chi connectivity index (χ4v) is 7.26. The van der Waals surface area contributed by atoms with Crippen LogP contribution in [0.1, 0.15) is 45.1 Å². The summed E-state index contributed by atoms with van der Waals surface area (Å²) >= 11 is 0. The van der Waals surface area contributed by atoms with Gasteiger partial charge in [0.15, 0.2) is 0 Å². The van der Waals surface area contributed by atoms with Gasteiger partial charge in [0.05, 0.1) is 16.3 Å². The lowest BCUT2D eigenvalue weighted by Gasteiger charge is -2.44. The van der Waals surface area contributed by atoms with Gasteiger partial charge in [0.2, 0.25) is 0 Å². The molecule has 2 unspecified atom stereocenters. The molecule has 1 amide bonds. The monoisotopic (exact) mass is 600 g/mol. The Morgan fingerprint density at radius 1 is 0.953 bits per heavy atom. The van der Waals surface area contributed by atoms with E-state index in [1.54, 1.807) is 30.3 Å². The number of nitrogens with zero attached hydrogens (tertiary/aromatic N) is 2. The van der Waals surface area contributed by atoms with Crippen LogP contribution in [0.25, 0.3) is 0 Å². The lowest BCUT2D eigenvalue weighted by atomic mass is 9.83. The van der Waals surface area contributed by atoms with Crippen molar-refractivity contribution < 1.29 is 17.6 Å². The Hall–Kier alpha value is -4.44. The number of fused-ring (bicyclic) bond motifs is 4. The molecular formula is C33H33FN4O4S. The molecule has 0 spiro atoms. The number of sulfonamides is 1. The highest BCUT2D eigenvalue weighted by atomic mass is 32.2. The van der Waals surface area contributed by atoms with Gasteiger partial charge in [-0.1, -0.05) is 35.9 Å². The van der Waals surface area contributed by atoms with E-state index in [0.29, 0.717) is 37.4 Å². The molecule has 3 heterocycles. The zero-order valence-electron chi connectivity index (χ0n) is 24.0. The van der Waals surface area contributed by atoms with Gasteiger partial charge in [-0.15, -0.1) is 0 Å². The number of aromatic nitrogens is 1. The number of nitrogens with one attached hydrogen (secondary N) is 2. The lowest BCUT2D eigenvalue weighted by Crippen LogP contribution is -2.47. The highest BCUT2D eigenvalue weighted by Crippen LogP contribution is 2.40. The summed E-state index contributed by atoms with van der Waals surface area (Å²) in [7, 11) is -4.11. The lowest BCUT2D eigenvalue weighted by molar-refractivity contribution is 0.0951. The molecule has 0 radical (unpaired) electrons. The number of halogens is 1. The van der Waals surface area contributed by atoms with Gasteiger partial charge in [-0.25, -0.2) is 12.8 Å². The minimum absolute atomic E-state index is 0.00954. The average Bonchev–Trinajstić information content (AvgIpc) is 2.98. The van der Waals surface area contributed by atoms with Crippen LogP contribution < -0.4 is 20.5 Å². The molecule has 6 rings (SSSR count). The zero-order valence-corrected chi connectivity index (χ0v) is 24.8. The van der Waals surface area contributed by atoms with Gasteiger partial charge in [-0.2, -0.15) is 0 Å². The van der Waals surface area contributed by atoms with Crippen LogP contribution in [0.2, 0.25) is 0 Å². The Morgan fingerprint density at radius 3 is 2.51 bits per heavy atom. The van der Waals surface area contributed by atoms with E-state index in [1.165, 1.54) is 19.1 Å². The highest BCUT2D eigenvalue weighted by molar-refractivity contribution is 7.92. The zero-order chi connectivity index (χ0) is 30.3. The highest BCUT2D eigenvalue weighted by Gasteiger charge is 2.35. The van der Waals surface area contributed by atoms with Crippen molar-refractivity contribution >= 4 is 27.3 Å². The van der Waals surface area contributed by atoms with Gasteiger partial charge in [-0.05, 0) is 79.8 Å². The molecule has 1 aromatic heterocycles. The molecule has 4 aromatic rings. The van der Waals surface area contributed by atoms with Crippen molar-refractivity contribution in [3.63, 3.8) is 0 Å². The molecule has 2 N–H and O–H groups in total. The first-order chi connectivity index (χ1) is 20.6. The molecule has 1 fully saturated rings. The van der Waals surface area contributed by atoms with Crippen molar-refractivity contribution in [3.8, 4) is 0 Å². The second-order valence-corrected chi connectivity index (χ2v) is 13.2. The first-order valence-electron chi connectivity index (χ1n) is 14.3. The number of carbonyl (C=O) groups excluding carboxylic acids is 1. The molecule has 10 heteroatoms. The minimum Gasteiger partial charge on any atom is -0.369 e. The molecule has 8 nitrogen and oxygen atoms in total. The maximum absolute atomic E-state index is 13.9. The normalized spacial score (nSPS) is 17.7. The SMILES string of the molecule is Cc1ccc(CNC(=O)c2ccc(N3CC4CC(C3)c3cccc(=O)n3C4)c(NS(=O)(=O)c3ccc(F)c(C)c3)c2)cc1. The summed E-state index contributed by atoms with van der Waals surface area (Å²) in [5, 5.41) is 2.91. The fourth-order valence-electron chi connectivity index (χ4n) is 6.11. The summed E-state index contributed by atoms with van der Waals surface area (Å²) in [6, 6.07) is 21.8. The summed E-state index contributed by atoms with van der Waals surface area (Å²) < 4.78 is 45.5. The van der Waals surface area contributed by atoms with E-state index in [9.17, 15) is 22.4 Å². The summed E-state index contributed by atoms with van der Waals surface area (Å²) in [5.41, 5.74) is 4.45. The average molecular weight is 601 g/mol. The van der Waals surface area contributed by atoms with E-state index in [-0.39, 0.29) is 39.4 Å². The Kier molecular flexibility index (Phi) is 7.56. The summed E-state index contributed by atoms with van der Waals surface area (Å²) in [6.07, 6.45) is 0.940. The third kappa shape index (κ3) is 5.92. The van der Waals surface area contributed by atoms with Gasteiger partial charge < -0.3 is 14.8 Å². The van der Waals surface area contributed by atoms with Gasteiger partial charge >= 0.3 is 0 Å². The minimum atomic E-state index is -4.11. The van der Waals surface area contributed by atoms with E-state index < -0.39 is 15.8 Å². The molecule has 0 aliphatic carbocycles. The van der Waals surface area contributed by atoms with Crippen molar-refractivity contribution in [3.05, 3.63) is 123 Å². The fraction of sp³-hybridized carbons (Fsp3) is 0.273. The predicted molar refractivity (Wildman–Crippen MR) is 164 cm³/mol. The van der Waals surface area contributed by atoms with Crippen LogP contribution >= 0.6 is 0 Å². The van der Waals surface area contributed by atoms with Crippen LogP contribution in [0.15, 0.2) is 88.6 Å². The van der Waals surface area contributed by atoms with Gasteiger partial charge in [-0.3, -0.25) is 14.3 Å². The molecule has 2 aliphatic rings. The standard InChI is InChI=1S/C33H33FN4O4S/c1-21-6-8-23(9-7-21)17-35-33(40)25-10-13-31(29(16-25)36-43(41,42)27-11-12-28(34)22(2)14-27)37-18-24-15-26(20-37)30-4-3-5-32(39)38(30)19-24/h3-14,16,24,26,36H,15,17-20H2,1-2H3,(H,35,40). The van der Waals surface area contributed by atoms with E-state index in [0.717, 1.165) is 29.3 Å². The second-order valence-electron chi connectivity index (χ2n) is 11.5. The topological polar surface area (TPSA) is 101 Å². The Morgan fingerprint density at radius 2 is 1.74 bits per heavy atom. The number of anilines is 2. The summed E-state index contributed by atoms with van der Waals surface area (Å²) in [6.45, 7) is 5.63. The van der Waals surface area contributed by atoms with Crippen molar-refractivity contribution in [1.29, 1.82) is 0 Å². The summed E-state index contributed by atoms with van der Waals surface area (Å²) in [4.78, 5) is 27.8. The first kappa shape index (κ1) is 28.7. The number of benzene rings is 3. The van der Waals surface area contributed by atoms with Crippen LogP contribution in [-0.4, -0.2) is 32.0 Å². The maximum atomic E-state index is 13.9. The van der Waals surface area contributed by atoms with Gasteiger partial charge in [0.1, 0.15) is 5.82 Å². The molecule has 0 saturated carbocycles.